The quantitative estimate of drug-likeness (QED) is 0.474. The summed E-state index contributed by atoms with van der Waals surface area (Å²) in [5.74, 6) is -3.87. The van der Waals surface area contributed by atoms with Crippen molar-refractivity contribution in [3.8, 4) is 0 Å². The number of ketones is 2. The summed E-state index contributed by atoms with van der Waals surface area (Å²) >= 11 is 0. The second-order valence-electron chi connectivity index (χ2n) is 4.69. The molecule has 0 fully saturated rings. The fraction of sp³-hybridized carbons (Fsp3) is 0.286. The molecule has 0 radical (unpaired) electrons. The fourth-order valence-corrected chi connectivity index (χ4v) is 1.76. The van der Waals surface area contributed by atoms with E-state index in [2.05, 4.69) is 0 Å². The third kappa shape index (κ3) is 4.47. The van der Waals surface area contributed by atoms with Crippen LogP contribution in [0, 0.1) is 0 Å². The van der Waals surface area contributed by atoms with Crippen molar-refractivity contribution in [2.45, 2.75) is 24.9 Å². The van der Waals surface area contributed by atoms with Gasteiger partial charge in [0, 0.05) is 24.0 Å². The molecule has 0 amide bonds. The van der Waals surface area contributed by atoms with Crippen molar-refractivity contribution in [3.63, 3.8) is 0 Å². The van der Waals surface area contributed by atoms with E-state index in [9.17, 15) is 19.2 Å². The standard InChI is InChI=1S/C14H16N2O6/c15-9(13(19)20)5-11(17)7-3-1-2-4-8(7)12(18)6-10(16)14(21)22/h1-4,9-10H,5-6,15-16H2,(H,19,20)(H,21,22). The second kappa shape index (κ2) is 7.43. The number of benzene rings is 1. The average Bonchev–Trinajstić information content (AvgIpc) is 2.46. The number of carboxylic acid groups (broad SMARTS) is 2. The highest BCUT2D eigenvalue weighted by Crippen LogP contribution is 2.15. The number of hydrogen-bond donors (Lipinski definition) is 4. The summed E-state index contributed by atoms with van der Waals surface area (Å²) in [5, 5.41) is 17.4. The molecular formula is C14H16N2O6. The van der Waals surface area contributed by atoms with Crippen molar-refractivity contribution < 1.29 is 29.4 Å². The molecule has 2 unspecified atom stereocenters. The molecule has 6 N–H and O–H groups in total. The summed E-state index contributed by atoms with van der Waals surface area (Å²) in [6.07, 6.45) is -0.935. The zero-order chi connectivity index (χ0) is 16.9. The number of aliphatic carboxylic acids is 2. The predicted molar refractivity (Wildman–Crippen MR) is 75.6 cm³/mol. The highest BCUT2D eigenvalue weighted by atomic mass is 16.4. The highest BCUT2D eigenvalue weighted by Gasteiger charge is 2.24. The zero-order valence-electron chi connectivity index (χ0n) is 11.6. The van der Waals surface area contributed by atoms with Crippen LogP contribution in [-0.2, 0) is 9.59 Å². The lowest BCUT2D eigenvalue weighted by molar-refractivity contribution is -0.139. The van der Waals surface area contributed by atoms with Crippen LogP contribution < -0.4 is 11.5 Å². The van der Waals surface area contributed by atoms with Gasteiger partial charge in [0.2, 0.25) is 0 Å². The van der Waals surface area contributed by atoms with E-state index >= 15 is 0 Å². The van der Waals surface area contributed by atoms with Gasteiger partial charge in [-0.3, -0.25) is 19.2 Å². The number of carbonyl (C=O) groups is 4. The van der Waals surface area contributed by atoms with Gasteiger partial charge in [0.05, 0.1) is 0 Å². The van der Waals surface area contributed by atoms with Crippen LogP contribution >= 0.6 is 0 Å². The SMILES string of the molecule is NC(CC(=O)c1ccccc1C(=O)CC(N)C(=O)O)C(=O)O. The van der Waals surface area contributed by atoms with Crippen LogP contribution in [0.3, 0.4) is 0 Å². The van der Waals surface area contributed by atoms with Gasteiger partial charge in [-0.05, 0) is 0 Å². The van der Waals surface area contributed by atoms with Crippen LogP contribution in [0.4, 0.5) is 0 Å². The Kier molecular flexibility index (Phi) is 5.90. The first-order valence-corrected chi connectivity index (χ1v) is 6.36. The molecule has 0 saturated heterocycles. The number of rotatable bonds is 8. The Labute approximate surface area is 125 Å². The fourth-order valence-electron chi connectivity index (χ4n) is 1.76. The largest absolute Gasteiger partial charge is 0.480 e. The lowest BCUT2D eigenvalue weighted by Gasteiger charge is -2.11. The van der Waals surface area contributed by atoms with Crippen molar-refractivity contribution in [1.29, 1.82) is 0 Å². The third-order valence-electron chi connectivity index (χ3n) is 2.97. The summed E-state index contributed by atoms with van der Waals surface area (Å²) in [6, 6.07) is 2.97. The smallest absolute Gasteiger partial charge is 0.320 e. The van der Waals surface area contributed by atoms with Gasteiger partial charge in [-0.25, -0.2) is 0 Å². The molecule has 1 rings (SSSR count). The minimum absolute atomic E-state index is 0.00166. The third-order valence-corrected chi connectivity index (χ3v) is 2.97. The second-order valence-corrected chi connectivity index (χ2v) is 4.69. The lowest BCUT2D eigenvalue weighted by atomic mass is 9.94. The number of carboxylic acids is 2. The Morgan fingerprint density at radius 3 is 1.41 bits per heavy atom. The number of carbonyl (C=O) groups excluding carboxylic acids is 2. The first-order chi connectivity index (χ1) is 10.2. The maximum Gasteiger partial charge on any atom is 0.320 e. The number of hydrogen-bond acceptors (Lipinski definition) is 6. The van der Waals surface area contributed by atoms with E-state index in [1.54, 1.807) is 0 Å². The van der Waals surface area contributed by atoms with Crippen LogP contribution in [0.2, 0.25) is 0 Å². The van der Waals surface area contributed by atoms with E-state index in [0.717, 1.165) is 0 Å². The first kappa shape index (κ1) is 17.5. The van der Waals surface area contributed by atoms with Crippen molar-refractivity contribution >= 4 is 23.5 Å². The normalized spacial score (nSPS) is 13.2. The van der Waals surface area contributed by atoms with Crippen LogP contribution in [0.5, 0.6) is 0 Å². The van der Waals surface area contributed by atoms with E-state index in [4.69, 9.17) is 21.7 Å². The minimum atomic E-state index is -1.38. The van der Waals surface area contributed by atoms with E-state index in [0.29, 0.717) is 0 Å². The number of nitrogens with two attached hydrogens (primary N) is 2. The Morgan fingerprint density at radius 1 is 0.818 bits per heavy atom. The van der Waals surface area contributed by atoms with Gasteiger partial charge < -0.3 is 21.7 Å². The van der Waals surface area contributed by atoms with Gasteiger partial charge in [-0.15, -0.1) is 0 Å². The summed E-state index contributed by atoms with van der Waals surface area (Å²) in [6.45, 7) is 0. The minimum Gasteiger partial charge on any atom is -0.480 e. The Bertz CT molecular complexity index is 560. The molecule has 8 heteroatoms. The van der Waals surface area contributed by atoms with Gasteiger partial charge >= 0.3 is 11.9 Å². The first-order valence-electron chi connectivity index (χ1n) is 6.36. The zero-order valence-corrected chi connectivity index (χ0v) is 11.6. The molecule has 8 nitrogen and oxygen atoms in total. The molecule has 0 aliphatic rings. The maximum atomic E-state index is 12.1. The van der Waals surface area contributed by atoms with E-state index in [1.165, 1.54) is 24.3 Å². The summed E-state index contributed by atoms with van der Waals surface area (Å²) in [7, 11) is 0. The molecule has 0 aliphatic carbocycles. The molecule has 0 bridgehead atoms. The molecule has 1 aromatic carbocycles. The Morgan fingerprint density at radius 2 is 1.14 bits per heavy atom. The van der Waals surface area contributed by atoms with Crippen molar-refractivity contribution in [2.24, 2.45) is 11.5 Å². The molecule has 2 atom stereocenters. The van der Waals surface area contributed by atoms with Crippen LogP contribution in [-0.4, -0.2) is 45.8 Å². The van der Waals surface area contributed by atoms with Gasteiger partial charge in [0.25, 0.3) is 0 Å². The van der Waals surface area contributed by atoms with E-state index in [-0.39, 0.29) is 11.1 Å². The van der Waals surface area contributed by atoms with Gasteiger partial charge in [-0.1, -0.05) is 24.3 Å². The summed E-state index contributed by atoms with van der Waals surface area (Å²) in [4.78, 5) is 45.5. The van der Waals surface area contributed by atoms with Crippen LogP contribution in [0.25, 0.3) is 0 Å². The topological polar surface area (TPSA) is 161 Å². The van der Waals surface area contributed by atoms with Crippen LogP contribution in [0.15, 0.2) is 24.3 Å². The molecular weight excluding hydrogens is 292 g/mol. The molecule has 0 spiro atoms. The van der Waals surface area contributed by atoms with Gasteiger partial charge in [0.15, 0.2) is 11.6 Å². The summed E-state index contributed by atoms with van der Waals surface area (Å²) < 4.78 is 0. The monoisotopic (exact) mass is 308 g/mol. The maximum absolute atomic E-state index is 12.1. The van der Waals surface area contributed by atoms with Gasteiger partial charge in [-0.2, -0.15) is 0 Å². The molecule has 0 aromatic heterocycles. The average molecular weight is 308 g/mol. The lowest BCUT2D eigenvalue weighted by Crippen LogP contribution is -2.34. The Hall–Kier alpha value is -2.58. The summed E-state index contributed by atoms with van der Waals surface area (Å²) in [5.41, 5.74) is 10.6. The van der Waals surface area contributed by atoms with E-state index < -0.39 is 48.4 Å². The highest BCUT2D eigenvalue weighted by molar-refractivity contribution is 6.10. The molecule has 0 saturated carbocycles. The molecule has 22 heavy (non-hydrogen) atoms. The number of Topliss-reactive ketones (excluding diaryl/α,β-unsaturated/α-hetero) is 2. The molecule has 0 heterocycles. The molecule has 118 valence electrons. The van der Waals surface area contributed by atoms with Crippen molar-refractivity contribution in [1.82, 2.24) is 0 Å². The van der Waals surface area contributed by atoms with Gasteiger partial charge in [0.1, 0.15) is 12.1 Å². The Balaban J connectivity index is 2.99. The van der Waals surface area contributed by atoms with Crippen LogP contribution in [0.1, 0.15) is 33.6 Å². The molecule has 0 aliphatic heterocycles. The molecule has 1 aromatic rings. The van der Waals surface area contributed by atoms with E-state index in [1.807, 2.05) is 0 Å². The van der Waals surface area contributed by atoms with Crippen molar-refractivity contribution in [2.75, 3.05) is 0 Å². The predicted octanol–water partition coefficient (Wildman–Crippen LogP) is -0.344. The van der Waals surface area contributed by atoms with Crippen molar-refractivity contribution in [3.05, 3.63) is 35.4 Å².